The quantitative estimate of drug-likeness (QED) is 0.653. The van der Waals surface area contributed by atoms with E-state index >= 15 is 0 Å². The Morgan fingerprint density at radius 1 is 1.33 bits per heavy atom. The van der Waals surface area contributed by atoms with E-state index in [4.69, 9.17) is 5.11 Å². The molecule has 124 valence electrons. The summed E-state index contributed by atoms with van der Waals surface area (Å²) >= 11 is 0. The third-order valence-electron chi connectivity index (χ3n) is 3.50. The largest absolute Gasteiger partial charge is 0.481 e. The normalized spacial score (nSPS) is 21.7. The first-order chi connectivity index (χ1) is 9.68. The van der Waals surface area contributed by atoms with Crippen LogP contribution >= 0.6 is 0 Å². The maximum absolute atomic E-state index is 12.4. The molecule has 1 aliphatic rings. The lowest BCUT2D eigenvalue weighted by Crippen LogP contribution is -2.43. The number of hydrogen-bond acceptors (Lipinski definition) is 5. The molecule has 1 atom stereocenters. The summed E-state index contributed by atoms with van der Waals surface area (Å²) in [5.74, 6) is -1.40. The number of unbranched alkanes of at least 4 members (excludes halogenated alkanes) is 1. The first-order valence-electron chi connectivity index (χ1n) is 7.09. The van der Waals surface area contributed by atoms with Gasteiger partial charge in [0.2, 0.25) is 10.0 Å². The Bertz CT molecular complexity index is 554. The van der Waals surface area contributed by atoms with Crippen LogP contribution in [0.15, 0.2) is 0 Å². The number of sulfone groups is 1. The van der Waals surface area contributed by atoms with Crippen molar-refractivity contribution >= 4 is 25.8 Å². The Balaban J connectivity index is 2.78. The predicted molar refractivity (Wildman–Crippen MR) is 79.3 cm³/mol. The fourth-order valence-corrected chi connectivity index (χ4v) is 6.00. The highest BCUT2D eigenvalue weighted by molar-refractivity contribution is 7.92. The second kappa shape index (κ2) is 7.55. The minimum absolute atomic E-state index is 0.0188. The van der Waals surface area contributed by atoms with Crippen molar-refractivity contribution < 1.29 is 26.7 Å². The Kier molecular flexibility index (Phi) is 6.61. The number of carboxylic acid groups (broad SMARTS) is 1. The second-order valence-corrected chi connectivity index (χ2v) is 9.60. The molecule has 21 heavy (non-hydrogen) atoms. The maximum atomic E-state index is 12.4. The molecule has 1 saturated heterocycles. The first-order valence-corrected chi connectivity index (χ1v) is 10.5. The summed E-state index contributed by atoms with van der Waals surface area (Å²) in [6.45, 7) is 2.23. The molecule has 7 nitrogen and oxygen atoms in total. The molecule has 1 N–H and O–H groups in total. The van der Waals surface area contributed by atoms with Crippen molar-refractivity contribution in [3.8, 4) is 0 Å². The van der Waals surface area contributed by atoms with Gasteiger partial charge in [-0.1, -0.05) is 13.3 Å². The molecule has 0 saturated carbocycles. The SMILES string of the molecule is CCCCN(C1CCS(=O)(=O)C1)S(=O)(=O)CCCC(=O)O. The van der Waals surface area contributed by atoms with Crippen LogP contribution in [0.5, 0.6) is 0 Å². The van der Waals surface area contributed by atoms with Crippen LogP contribution in [0.2, 0.25) is 0 Å². The van der Waals surface area contributed by atoms with Crippen molar-refractivity contribution in [3.63, 3.8) is 0 Å². The zero-order chi connectivity index (χ0) is 16.1. The molecule has 0 bridgehead atoms. The van der Waals surface area contributed by atoms with Gasteiger partial charge in [0.15, 0.2) is 9.84 Å². The molecule has 0 spiro atoms. The van der Waals surface area contributed by atoms with Crippen LogP contribution in [0.1, 0.15) is 39.0 Å². The number of carbonyl (C=O) groups is 1. The molecule has 0 aromatic heterocycles. The van der Waals surface area contributed by atoms with Crippen LogP contribution in [0.3, 0.4) is 0 Å². The van der Waals surface area contributed by atoms with E-state index in [-0.39, 0.29) is 30.1 Å². The Labute approximate surface area is 126 Å². The van der Waals surface area contributed by atoms with E-state index in [9.17, 15) is 21.6 Å². The van der Waals surface area contributed by atoms with Crippen LogP contribution in [0.25, 0.3) is 0 Å². The lowest BCUT2D eigenvalue weighted by atomic mass is 10.2. The van der Waals surface area contributed by atoms with E-state index in [1.54, 1.807) is 0 Å². The fraction of sp³-hybridized carbons (Fsp3) is 0.917. The van der Waals surface area contributed by atoms with Gasteiger partial charge in [-0.3, -0.25) is 4.79 Å². The molecular formula is C12H23NO6S2. The van der Waals surface area contributed by atoms with E-state index < -0.39 is 31.9 Å². The molecule has 1 aliphatic heterocycles. The molecule has 0 aromatic carbocycles. The molecule has 1 unspecified atom stereocenters. The van der Waals surface area contributed by atoms with Gasteiger partial charge in [-0.05, 0) is 19.3 Å². The van der Waals surface area contributed by atoms with Crippen LogP contribution < -0.4 is 0 Å². The average Bonchev–Trinajstić information content (AvgIpc) is 2.69. The number of nitrogens with zero attached hydrogens (tertiary/aromatic N) is 1. The summed E-state index contributed by atoms with van der Waals surface area (Å²) < 4.78 is 49.1. The van der Waals surface area contributed by atoms with Gasteiger partial charge in [-0.25, -0.2) is 16.8 Å². The lowest BCUT2D eigenvalue weighted by Gasteiger charge is -2.27. The Morgan fingerprint density at radius 3 is 2.48 bits per heavy atom. The van der Waals surface area contributed by atoms with Crippen molar-refractivity contribution in [2.75, 3.05) is 23.8 Å². The van der Waals surface area contributed by atoms with Gasteiger partial charge in [-0.15, -0.1) is 0 Å². The second-order valence-electron chi connectivity index (χ2n) is 5.33. The van der Waals surface area contributed by atoms with Crippen LogP contribution in [-0.4, -0.2) is 62.1 Å². The van der Waals surface area contributed by atoms with E-state index in [2.05, 4.69) is 0 Å². The smallest absolute Gasteiger partial charge is 0.303 e. The third-order valence-corrected chi connectivity index (χ3v) is 7.25. The molecular weight excluding hydrogens is 318 g/mol. The zero-order valence-corrected chi connectivity index (χ0v) is 13.8. The molecule has 0 amide bonds. The van der Waals surface area contributed by atoms with Gasteiger partial charge >= 0.3 is 5.97 Å². The van der Waals surface area contributed by atoms with Crippen molar-refractivity contribution in [2.45, 2.75) is 45.1 Å². The van der Waals surface area contributed by atoms with E-state index in [1.165, 1.54) is 4.31 Å². The lowest BCUT2D eigenvalue weighted by molar-refractivity contribution is -0.137. The average molecular weight is 341 g/mol. The highest BCUT2D eigenvalue weighted by Gasteiger charge is 2.37. The topological polar surface area (TPSA) is 109 Å². The predicted octanol–water partition coefficient (Wildman–Crippen LogP) is 0.470. The van der Waals surface area contributed by atoms with Gasteiger partial charge in [0.25, 0.3) is 0 Å². The van der Waals surface area contributed by atoms with E-state index in [0.717, 1.165) is 6.42 Å². The van der Waals surface area contributed by atoms with E-state index in [1.807, 2.05) is 6.92 Å². The summed E-state index contributed by atoms with van der Waals surface area (Å²) in [5, 5.41) is 8.58. The van der Waals surface area contributed by atoms with Crippen molar-refractivity contribution in [2.24, 2.45) is 0 Å². The number of sulfonamides is 1. The Hall–Kier alpha value is -0.670. The molecule has 1 heterocycles. The van der Waals surface area contributed by atoms with E-state index in [0.29, 0.717) is 19.4 Å². The van der Waals surface area contributed by atoms with Crippen molar-refractivity contribution in [1.29, 1.82) is 0 Å². The van der Waals surface area contributed by atoms with Gasteiger partial charge in [-0.2, -0.15) is 4.31 Å². The summed E-state index contributed by atoms with van der Waals surface area (Å²) in [5.41, 5.74) is 0. The van der Waals surface area contributed by atoms with Crippen molar-refractivity contribution in [3.05, 3.63) is 0 Å². The fourth-order valence-electron chi connectivity index (χ4n) is 2.39. The maximum Gasteiger partial charge on any atom is 0.303 e. The third kappa shape index (κ3) is 5.91. The summed E-state index contributed by atoms with van der Waals surface area (Å²) in [7, 11) is -6.78. The highest BCUT2D eigenvalue weighted by atomic mass is 32.2. The van der Waals surface area contributed by atoms with Gasteiger partial charge in [0.05, 0.1) is 17.3 Å². The number of rotatable bonds is 9. The minimum atomic E-state index is -3.62. The van der Waals surface area contributed by atoms with Crippen LogP contribution in [-0.2, 0) is 24.7 Å². The molecule has 9 heteroatoms. The van der Waals surface area contributed by atoms with Crippen molar-refractivity contribution in [1.82, 2.24) is 4.31 Å². The van der Waals surface area contributed by atoms with Gasteiger partial charge in [0, 0.05) is 19.0 Å². The number of hydrogen-bond donors (Lipinski definition) is 1. The summed E-state index contributed by atoms with van der Waals surface area (Å²) in [6.07, 6.45) is 1.63. The number of carboxylic acids is 1. The summed E-state index contributed by atoms with van der Waals surface area (Å²) in [4.78, 5) is 10.5. The highest BCUT2D eigenvalue weighted by Crippen LogP contribution is 2.22. The molecule has 0 radical (unpaired) electrons. The zero-order valence-electron chi connectivity index (χ0n) is 12.2. The molecule has 0 aromatic rings. The van der Waals surface area contributed by atoms with Crippen LogP contribution in [0, 0.1) is 0 Å². The Morgan fingerprint density at radius 2 is 2.00 bits per heavy atom. The molecule has 1 rings (SSSR count). The number of aliphatic carboxylic acids is 1. The minimum Gasteiger partial charge on any atom is -0.481 e. The summed E-state index contributed by atoms with van der Waals surface area (Å²) in [6, 6.07) is -0.503. The van der Waals surface area contributed by atoms with Gasteiger partial charge in [0.1, 0.15) is 0 Å². The molecule has 1 fully saturated rings. The first kappa shape index (κ1) is 18.4. The van der Waals surface area contributed by atoms with Crippen LogP contribution in [0.4, 0.5) is 0 Å². The standard InChI is InChI=1S/C12H23NO6S2/c1-2-3-7-13(11-6-9-20(16,17)10-11)21(18,19)8-4-5-12(14)15/h11H,2-10H2,1H3,(H,14,15). The monoisotopic (exact) mass is 341 g/mol. The van der Waals surface area contributed by atoms with Gasteiger partial charge < -0.3 is 5.11 Å². The molecule has 0 aliphatic carbocycles.